The molecule has 2 N–H and O–H groups in total. The quantitative estimate of drug-likeness (QED) is 0.792. The van der Waals surface area contributed by atoms with Crippen LogP contribution in [0.5, 0.6) is 5.75 Å². The Balaban J connectivity index is 2.11. The number of nitrogens with zero attached hydrogens (tertiary/aromatic N) is 3. The fourth-order valence-corrected chi connectivity index (χ4v) is 2.12. The molecule has 2 heterocycles. The minimum Gasteiger partial charge on any atom is -0.494 e. The van der Waals surface area contributed by atoms with Crippen molar-refractivity contribution in [3.05, 3.63) is 35.5 Å². The molecule has 0 aliphatic carbocycles. The van der Waals surface area contributed by atoms with E-state index in [1.54, 1.807) is 10.6 Å². The summed E-state index contributed by atoms with van der Waals surface area (Å²) in [4.78, 5) is 4.14. The van der Waals surface area contributed by atoms with Gasteiger partial charge in [0.25, 0.3) is 0 Å². The minimum atomic E-state index is -0.470. The molecule has 0 atom stereocenters. The largest absolute Gasteiger partial charge is 0.494 e. The van der Waals surface area contributed by atoms with Crippen molar-refractivity contribution in [3.8, 4) is 5.75 Å². The highest BCUT2D eigenvalue weighted by Gasteiger charge is 2.14. The first-order valence-corrected chi connectivity index (χ1v) is 6.00. The number of aromatic nitrogens is 3. The first-order valence-electron chi connectivity index (χ1n) is 6.00. The van der Waals surface area contributed by atoms with Gasteiger partial charge in [-0.05, 0) is 6.92 Å². The zero-order valence-electron chi connectivity index (χ0n) is 11.1. The van der Waals surface area contributed by atoms with Gasteiger partial charge >= 0.3 is 0 Å². The van der Waals surface area contributed by atoms with Gasteiger partial charge in [-0.25, -0.2) is 9.37 Å². The predicted molar refractivity (Wildman–Crippen MR) is 71.0 cm³/mol. The Morgan fingerprint density at radius 2 is 2.20 bits per heavy atom. The number of hydrogen-bond donors (Lipinski definition) is 1. The van der Waals surface area contributed by atoms with E-state index in [0.717, 1.165) is 5.69 Å². The number of rotatable bonds is 3. The van der Waals surface area contributed by atoms with Crippen LogP contribution in [0.1, 0.15) is 11.5 Å². The summed E-state index contributed by atoms with van der Waals surface area (Å²) in [6, 6.07) is 4.68. The van der Waals surface area contributed by atoms with Crippen LogP contribution in [-0.4, -0.2) is 21.8 Å². The van der Waals surface area contributed by atoms with Crippen molar-refractivity contribution in [3.63, 3.8) is 0 Å². The van der Waals surface area contributed by atoms with Gasteiger partial charge < -0.3 is 19.6 Å². The second-order valence-corrected chi connectivity index (χ2v) is 4.46. The highest BCUT2D eigenvalue weighted by molar-refractivity contribution is 5.80. The molecular formula is C13H13FN4O2. The lowest BCUT2D eigenvalue weighted by Gasteiger charge is -2.05. The van der Waals surface area contributed by atoms with Gasteiger partial charge in [-0.15, -0.1) is 0 Å². The SMILES string of the molecule is COc1cc2c(cc1F)nc(N)n2Cc1cc(C)on1. The van der Waals surface area contributed by atoms with Gasteiger partial charge in [-0.1, -0.05) is 5.16 Å². The number of imidazole rings is 1. The summed E-state index contributed by atoms with van der Waals surface area (Å²) in [5, 5.41) is 3.91. The van der Waals surface area contributed by atoms with Crippen molar-refractivity contribution in [2.24, 2.45) is 0 Å². The van der Waals surface area contributed by atoms with Crippen molar-refractivity contribution >= 4 is 17.0 Å². The molecule has 0 amide bonds. The van der Waals surface area contributed by atoms with E-state index in [0.29, 0.717) is 23.3 Å². The molecule has 0 spiro atoms. The lowest BCUT2D eigenvalue weighted by Crippen LogP contribution is -2.04. The number of nitrogen functional groups attached to an aromatic ring is 1. The molecule has 2 aromatic heterocycles. The van der Waals surface area contributed by atoms with Crippen LogP contribution in [0.3, 0.4) is 0 Å². The molecule has 1 aromatic carbocycles. The van der Waals surface area contributed by atoms with Crippen molar-refractivity contribution in [1.82, 2.24) is 14.7 Å². The zero-order chi connectivity index (χ0) is 14.3. The Morgan fingerprint density at radius 1 is 1.40 bits per heavy atom. The van der Waals surface area contributed by atoms with E-state index < -0.39 is 5.82 Å². The molecule has 0 radical (unpaired) electrons. The number of nitrogens with two attached hydrogens (primary N) is 1. The van der Waals surface area contributed by atoms with E-state index in [-0.39, 0.29) is 11.7 Å². The lowest BCUT2D eigenvalue weighted by molar-refractivity contribution is 0.387. The third kappa shape index (κ3) is 1.97. The molecule has 0 unspecified atom stereocenters. The van der Waals surface area contributed by atoms with Gasteiger partial charge in [0.1, 0.15) is 11.5 Å². The van der Waals surface area contributed by atoms with E-state index in [1.165, 1.54) is 13.2 Å². The van der Waals surface area contributed by atoms with Crippen molar-refractivity contribution in [2.45, 2.75) is 13.5 Å². The van der Waals surface area contributed by atoms with Crippen LogP contribution in [0.2, 0.25) is 0 Å². The van der Waals surface area contributed by atoms with E-state index in [2.05, 4.69) is 10.1 Å². The highest BCUT2D eigenvalue weighted by Crippen LogP contribution is 2.26. The second-order valence-electron chi connectivity index (χ2n) is 4.46. The van der Waals surface area contributed by atoms with Crippen LogP contribution in [-0.2, 0) is 6.54 Å². The van der Waals surface area contributed by atoms with Crippen molar-refractivity contribution < 1.29 is 13.7 Å². The summed E-state index contributed by atoms with van der Waals surface area (Å²) in [5.41, 5.74) is 7.75. The molecule has 0 saturated carbocycles. The van der Waals surface area contributed by atoms with Gasteiger partial charge in [0.05, 0.1) is 24.7 Å². The molecule has 0 fully saturated rings. The molecule has 0 saturated heterocycles. The molecule has 3 rings (SSSR count). The first-order chi connectivity index (χ1) is 9.58. The van der Waals surface area contributed by atoms with Crippen LogP contribution >= 0.6 is 0 Å². The first kappa shape index (κ1) is 12.5. The summed E-state index contributed by atoms with van der Waals surface area (Å²) in [6.45, 7) is 2.21. The Labute approximate surface area is 113 Å². The summed E-state index contributed by atoms with van der Waals surface area (Å²) < 4.78 is 25.4. The van der Waals surface area contributed by atoms with E-state index in [4.69, 9.17) is 15.0 Å². The summed E-state index contributed by atoms with van der Waals surface area (Å²) in [7, 11) is 1.41. The van der Waals surface area contributed by atoms with Crippen LogP contribution < -0.4 is 10.5 Å². The minimum absolute atomic E-state index is 0.148. The lowest BCUT2D eigenvalue weighted by atomic mass is 10.2. The molecule has 7 heteroatoms. The summed E-state index contributed by atoms with van der Waals surface area (Å²) in [5.74, 6) is 0.678. The van der Waals surface area contributed by atoms with Crippen LogP contribution in [0.4, 0.5) is 10.3 Å². The molecule has 0 aliphatic rings. The van der Waals surface area contributed by atoms with Gasteiger partial charge in [0, 0.05) is 18.2 Å². The third-order valence-corrected chi connectivity index (χ3v) is 3.05. The normalized spacial score (nSPS) is 11.2. The molecule has 0 aliphatic heterocycles. The molecular weight excluding hydrogens is 263 g/mol. The summed E-state index contributed by atoms with van der Waals surface area (Å²) in [6.07, 6.45) is 0. The van der Waals surface area contributed by atoms with E-state index in [1.807, 2.05) is 13.0 Å². The number of aryl methyl sites for hydroxylation is 1. The van der Waals surface area contributed by atoms with Gasteiger partial charge in [-0.3, -0.25) is 0 Å². The maximum Gasteiger partial charge on any atom is 0.201 e. The van der Waals surface area contributed by atoms with Crippen LogP contribution in [0, 0.1) is 12.7 Å². The maximum atomic E-state index is 13.6. The number of fused-ring (bicyclic) bond motifs is 1. The van der Waals surface area contributed by atoms with Crippen LogP contribution in [0.25, 0.3) is 11.0 Å². The number of methoxy groups -OCH3 is 1. The molecule has 6 nitrogen and oxygen atoms in total. The van der Waals surface area contributed by atoms with Crippen molar-refractivity contribution in [2.75, 3.05) is 12.8 Å². The summed E-state index contributed by atoms with van der Waals surface area (Å²) >= 11 is 0. The topological polar surface area (TPSA) is 79.1 Å². The zero-order valence-corrected chi connectivity index (χ0v) is 11.1. The second kappa shape index (κ2) is 4.52. The maximum absolute atomic E-state index is 13.6. The number of benzene rings is 1. The number of hydrogen-bond acceptors (Lipinski definition) is 5. The van der Waals surface area contributed by atoms with Crippen molar-refractivity contribution in [1.29, 1.82) is 0 Å². The Morgan fingerprint density at radius 3 is 2.85 bits per heavy atom. The predicted octanol–water partition coefficient (Wildman–Crippen LogP) is 2.11. The van der Waals surface area contributed by atoms with E-state index in [9.17, 15) is 4.39 Å². The highest BCUT2D eigenvalue weighted by atomic mass is 19.1. The number of ether oxygens (including phenoxy) is 1. The fraction of sp³-hybridized carbons (Fsp3) is 0.231. The molecule has 20 heavy (non-hydrogen) atoms. The Kier molecular flexibility index (Phi) is 2.81. The van der Waals surface area contributed by atoms with Crippen LogP contribution in [0.15, 0.2) is 22.7 Å². The third-order valence-electron chi connectivity index (χ3n) is 3.05. The van der Waals surface area contributed by atoms with Gasteiger partial charge in [0.15, 0.2) is 11.6 Å². The number of halogens is 1. The smallest absolute Gasteiger partial charge is 0.201 e. The van der Waals surface area contributed by atoms with Gasteiger partial charge in [-0.2, -0.15) is 0 Å². The molecule has 0 bridgehead atoms. The van der Waals surface area contributed by atoms with Gasteiger partial charge in [0.2, 0.25) is 5.95 Å². The molecule has 104 valence electrons. The average molecular weight is 276 g/mol. The monoisotopic (exact) mass is 276 g/mol. The number of anilines is 1. The average Bonchev–Trinajstić information content (AvgIpc) is 2.94. The fourth-order valence-electron chi connectivity index (χ4n) is 2.12. The van der Waals surface area contributed by atoms with E-state index >= 15 is 0 Å². The molecule has 3 aromatic rings. The Bertz CT molecular complexity index is 778. The standard InChI is InChI=1S/C13H13FN4O2/c1-7-3-8(17-20-7)6-18-11-5-12(19-2)9(14)4-10(11)16-13(18)15/h3-5H,6H2,1-2H3,(H2,15,16). The Hall–Kier alpha value is -2.57.